The number of nitrogens with zero attached hydrogens (tertiary/aromatic N) is 2. The number of rotatable bonds is 5. The SMILES string of the molecule is Cc1ccc(OCCCN2CCN(C)CC2)c(F)c1. The molecule has 0 spiro atoms. The smallest absolute Gasteiger partial charge is 0.165 e. The molecular weight excluding hydrogens is 243 g/mol. The van der Waals surface area contributed by atoms with Crippen LogP contribution in [0.25, 0.3) is 0 Å². The van der Waals surface area contributed by atoms with E-state index in [1.54, 1.807) is 6.07 Å². The van der Waals surface area contributed by atoms with Crippen LogP contribution in [-0.2, 0) is 0 Å². The van der Waals surface area contributed by atoms with Crippen LogP contribution in [0.1, 0.15) is 12.0 Å². The Balaban J connectivity index is 1.66. The molecule has 1 heterocycles. The number of ether oxygens (including phenoxy) is 1. The maximum atomic E-state index is 13.5. The van der Waals surface area contributed by atoms with Crippen LogP contribution >= 0.6 is 0 Å². The molecule has 0 aliphatic carbocycles. The Labute approximate surface area is 115 Å². The van der Waals surface area contributed by atoms with Gasteiger partial charge in [-0.05, 0) is 38.1 Å². The average Bonchev–Trinajstić information content (AvgIpc) is 2.39. The van der Waals surface area contributed by atoms with Gasteiger partial charge >= 0.3 is 0 Å². The zero-order valence-electron chi connectivity index (χ0n) is 11.9. The van der Waals surface area contributed by atoms with E-state index in [4.69, 9.17) is 4.74 Å². The molecule has 0 N–H and O–H groups in total. The summed E-state index contributed by atoms with van der Waals surface area (Å²) in [6, 6.07) is 5.09. The number of likely N-dealkylation sites (N-methyl/N-ethyl adjacent to an activating group) is 1. The quantitative estimate of drug-likeness (QED) is 0.760. The van der Waals surface area contributed by atoms with Gasteiger partial charge in [0.15, 0.2) is 11.6 Å². The summed E-state index contributed by atoms with van der Waals surface area (Å²) >= 11 is 0. The van der Waals surface area contributed by atoms with Crippen LogP contribution in [0.15, 0.2) is 18.2 Å². The van der Waals surface area contributed by atoms with E-state index in [0.717, 1.165) is 44.7 Å². The van der Waals surface area contributed by atoms with Crippen molar-refractivity contribution in [2.45, 2.75) is 13.3 Å². The lowest BCUT2D eigenvalue weighted by Gasteiger charge is -2.32. The Morgan fingerprint density at radius 1 is 1.21 bits per heavy atom. The van der Waals surface area contributed by atoms with Crippen LogP contribution < -0.4 is 4.74 Å². The van der Waals surface area contributed by atoms with Crippen molar-refractivity contribution in [3.63, 3.8) is 0 Å². The molecule has 1 aliphatic rings. The number of halogens is 1. The monoisotopic (exact) mass is 266 g/mol. The molecule has 0 radical (unpaired) electrons. The Bertz CT molecular complexity index is 403. The normalized spacial score (nSPS) is 17.6. The molecule has 19 heavy (non-hydrogen) atoms. The molecule has 2 rings (SSSR count). The largest absolute Gasteiger partial charge is 0.490 e. The predicted octanol–water partition coefficient (Wildman–Crippen LogP) is 2.15. The molecule has 0 amide bonds. The standard InChI is InChI=1S/C15H23FN2O/c1-13-4-5-15(14(16)12-13)19-11-3-6-18-9-7-17(2)8-10-18/h4-5,12H,3,6-11H2,1-2H3. The lowest BCUT2D eigenvalue weighted by atomic mass is 10.2. The van der Waals surface area contributed by atoms with Gasteiger partial charge in [0.1, 0.15) is 0 Å². The highest BCUT2D eigenvalue weighted by Crippen LogP contribution is 2.17. The summed E-state index contributed by atoms with van der Waals surface area (Å²) in [6.07, 6.45) is 0.941. The van der Waals surface area contributed by atoms with Crippen molar-refractivity contribution in [2.75, 3.05) is 46.4 Å². The Morgan fingerprint density at radius 3 is 2.63 bits per heavy atom. The fourth-order valence-corrected chi connectivity index (χ4v) is 2.26. The average molecular weight is 266 g/mol. The maximum Gasteiger partial charge on any atom is 0.165 e. The molecule has 1 aliphatic heterocycles. The summed E-state index contributed by atoms with van der Waals surface area (Å²) < 4.78 is 19.0. The van der Waals surface area contributed by atoms with Crippen molar-refractivity contribution in [1.29, 1.82) is 0 Å². The van der Waals surface area contributed by atoms with Crippen molar-refractivity contribution >= 4 is 0 Å². The third kappa shape index (κ3) is 4.48. The van der Waals surface area contributed by atoms with E-state index in [-0.39, 0.29) is 5.82 Å². The van der Waals surface area contributed by atoms with Gasteiger partial charge in [0.05, 0.1) is 6.61 Å². The van der Waals surface area contributed by atoms with Gasteiger partial charge in [-0.25, -0.2) is 4.39 Å². The fraction of sp³-hybridized carbons (Fsp3) is 0.600. The molecule has 0 unspecified atom stereocenters. The molecule has 106 valence electrons. The number of hydrogen-bond acceptors (Lipinski definition) is 3. The van der Waals surface area contributed by atoms with Gasteiger partial charge in [0.25, 0.3) is 0 Å². The molecule has 4 heteroatoms. The van der Waals surface area contributed by atoms with E-state index in [1.165, 1.54) is 6.07 Å². The molecule has 0 atom stereocenters. The van der Waals surface area contributed by atoms with Crippen molar-refractivity contribution in [1.82, 2.24) is 9.80 Å². The van der Waals surface area contributed by atoms with E-state index in [2.05, 4.69) is 16.8 Å². The molecule has 1 fully saturated rings. The topological polar surface area (TPSA) is 15.7 Å². The zero-order valence-corrected chi connectivity index (χ0v) is 11.9. The number of benzene rings is 1. The minimum atomic E-state index is -0.264. The Kier molecular flexibility index (Phi) is 5.16. The van der Waals surface area contributed by atoms with Crippen molar-refractivity contribution in [3.05, 3.63) is 29.6 Å². The highest BCUT2D eigenvalue weighted by Gasteiger charge is 2.13. The predicted molar refractivity (Wildman–Crippen MR) is 75.2 cm³/mol. The first-order valence-electron chi connectivity index (χ1n) is 6.95. The lowest BCUT2D eigenvalue weighted by molar-refractivity contribution is 0.145. The van der Waals surface area contributed by atoms with Gasteiger partial charge in [-0.2, -0.15) is 0 Å². The Hall–Kier alpha value is -1.13. The summed E-state index contributed by atoms with van der Waals surface area (Å²) in [6.45, 7) is 7.99. The second-order valence-corrected chi connectivity index (χ2v) is 5.28. The first kappa shape index (κ1) is 14.3. The fourth-order valence-electron chi connectivity index (χ4n) is 2.26. The number of piperazine rings is 1. The summed E-state index contributed by atoms with van der Waals surface area (Å²) in [5.74, 6) is 0.101. The van der Waals surface area contributed by atoms with Gasteiger partial charge in [-0.15, -0.1) is 0 Å². The van der Waals surface area contributed by atoms with Crippen LogP contribution in [-0.4, -0.2) is 56.2 Å². The second kappa shape index (κ2) is 6.87. The van der Waals surface area contributed by atoms with E-state index < -0.39 is 0 Å². The van der Waals surface area contributed by atoms with E-state index in [9.17, 15) is 4.39 Å². The molecule has 1 aromatic rings. The number of hydrogen-bond donors (Lipinski definition) is 0. The van der Waals surface area contributed by atoms with Crippen molar-refractivity contribution in [3.8, 4) is 5.75 Å². The van der Waals surface area contributed by atoms with Gasteiger partial charge < -0.3 is 14.5 Å². The maximum absolute atomic E-state index is 13.5. The van der Waals surface area contributed by atoms with Crippen LogP contribution in [0.2, 0.25) is 0 Å². The third-order valence-corrected chi connectivity index (χ3v) is 3.56. The molecule has 1 aromatic carbocycles. The van der Waals surface area contributed by atoms with Crippen LogP contribution in [0.4, 0.5) is 4.39 Å². The molecular formula is C15H23FN2O. The first-order chi connectivity index (χ1) is 9.15. The summed E-state index contributed by atoms with van der Waals surface area (Å²) in [7, 11) is 2.15. The van der Waals surface area contributed by atoms with E-state index in [1.807, 2.05) is 13.0 Å². The van der Waals surface area contributed by atoms with Crippen molar-refractivity contribution in [2.24, 2.45) is 0 Å². The summed E-state index contributed by atoms with van der Waals surface area (Å²) in [4.78, 5) is 4.78. The van der Waals surface area contributed by atoms with Crippen molar-refractivity contribution < 1.29 is 9.13 Å². The molecule has 0 saturated carbocycles. The molecule has 0 bridgehead atoms. The molecule has 1 saturated heterocycles. The van der Waals surface area contributed by atoms with E-state index >= 15 is 0 Å². The van der Waals surface area contributed by atoms with Crippen LogP contribution in [0.3, 0.4) is 0 Å². The highest BCUT2D eigenvalue weighted by atomic mass is 19.1. The zero-order chi connectivity index (χ0) is 13.7. The lowest BCUT2D eigenvalue weighted by Crippen LogP contribution is -2.44. The highest BCUT2D eigenvalue weighted by molar-refractivity contribution is 5.28. The summed E-state index contributed by atoms with van der Waals surface area (Å²) in [5.41, 5.74) is 0.919. The first-order valence-corrected chi connectivity index (χ1v) is 6.95. The number of aryl methyl sites for hydroxylation is 1. The molecule has 3 nitrogen and oxygen atoms in total. The van der Waals surface area contributed by atoms with Crippen LogP contribution in [0, 0.1) is 12.7 Å². The van der Waals surface area contributed by atoms with Gasteiger partial charge in [0.2, 0.25) is 0 Å². The third-order valence-electron chi connectivity index (χ3n) is 3.56. The Morgan fingerprint density at radius 2 is 1.95 bits per heavy atom. The van der Waals surface area contributed by atoms with E-state index in [0.29, 0.717) is 12.4 Å². The minimum Gasteiger partial charge on any atom is -0.490 e. The minimum absolute atomic E-state index is 0.264. The van der Waals surface area contributed by atoms with Gasteiger partial charge in [-0.3, -0.25) is 0 Å². The summed E-state index contributed by atoms with van der Waals surface area (Å²) in [5, 5.41) is 0. The molecule has 0 aromatic heterocycles. The van der Waals surface area contributed by atoms with Gasteiger partial charge in [-0.1, -0.05) is 6.07 Å². The second-order valence-electron chi connectivity index (χ2n) is 5.28. The van der Waals surface area contributed by atoms with Gasteiger partial charge in [0, 0.05) is 32.7 Å². The van der Waals surface area contributed by atoms with Crippen LogP contribution in [0.5, 0.6) is 5.75 Å².